The fraction of sp³-hybridized carbons (Fsp3) is 0.450. The largest absolute Gasteiger partial charge is 0.340 e. The molecule has 2 heterocycles. The lowest BCUT2D eigenvalue weighted by Crippen LogP contribution is -2.49. The zero-order valence-corrected chi connectivity index (χ0v) is 18.8. The molecule has 2 aromatic rings. The molecule has 30 heavy (non-hydrogen) atoms. The van der Waals surface area contributed by atoms with E-state index in [-0.39, 0.29) is 18.4 Å². The lowest BCUT2D eigenvalue weighted by Gasteiger charge is -2.34. The Morgan fingerprint density at radius 2 is 1.87 bits per heavy atom. The van der Waals surface area contributed by atoms with Crippen molar-refractivity contribution >= 4 is 40.6 Å². The second-order valence-electron chi connectivity index (χ2n) is 7.09. The first-order valence-corrected chi connectivity index (χ1v) is 11.1. The van der Waals surface area contributed by atoms with Gasteiger partial charge in [0.05, 0.1) is 0 Å². The summed E-state index contributed by atoms with van der Waals surface area (Å²) >= 11 is 7.47. The zero-order valence-electron chi connectivity index (χ0n) is 17.2. The Morgan fingerprint density at radius 1 is 1.17 bits per heavy atom. The summed E-state index contributed by atoms with van der Waals surface area (Å²) in [7, 11) is 3.83. The summed E-state index contributed by atoms with van der Waals surface area (Å²) in [5, 5.41) is 8.18. The highest BCUT2D eigenvalue weighted by atomic mass is 35.5. The quantitative estimate of drug-likeness (QED) is 0.707. The molecule has 0 radical (unpaired) electrons. The predicted octanol–water partition coefficient (Wildman–Crippen LogP) is 2.13. The van der Waals surface area contributed by atoms with Gasteiger partial charge in [-0.15, -0.1) is 11.3 Å². The zero-order chi connectivity index (χ0) is 21.5. The highest BCUT2D eigenvalue weighted by Gasteiger charge is 2.21. The molecule has 1 aliphatic heterocycles. The van der Waals surface area contributed by atoms with Crippen molar-refractivity contribution < 1.29 is 9.59 Å². The average molecular weight is 451 g/mol. The van der Waals surface area contributed by atoms with E-state index in [2.05, 4.69) is 30.5 Å². The SMILES string of the molecule is C/N=c1\scc(CN2CCN(C(=O)CCNC(=O)Nc3ccc(Cl)cc3)CC2)n1C. The van der Waals surface area contributed by atoms with Crippen molar-refractivity contribution in [3.8, 4) is 0 Å². The molecular weight excluding hydrogens is 424 g/mol. The summed E-state index contributed by atoms with van der Waals surface area (Å²) in [6.45, 7) is 4.24. The number of piperazine rings is 1. The number of anilines is 1. The molecule has 1 aliphatic rings. The Morgan fingerprint density at radius 3 is 2.50 bits per heavy atom. The smallest absolute Gasteiger partial charge is 0.319 e. The van der Waals surface area contributed by atoms with Gasteiger partial charge in [-0.05, 0) is 24.3 Å². The minimum Gasteiger partial charge on any atom is -0.340 e. The molecule has 1 saturated heterocycles. The van der Waals surface area contributed by atoms with Gasteiger partial charge in [0.2, 0.25) is 5.91 Å². The second-order valence-corrected chi connectivity index (χ2v) is 8.36. The molecule has 0 spiro atoms. The van der Waals surface area contributed by atoms with Gasteiger partial charge in [0.1, 0.15) is 0 Å². The van der Waals surface area contributed by atoms with Crippen LogP contribution in [0.15, 0.2) is 34.6 Å². The number of halogens is 1. The minimum atomic E-state index is -0.336. The van der Waals surface area contributed by atoms with Gasteiger partial charge in [0, 0.05) is 81.6 Å². The van der Waals surface area contributed by atoms with E-state index in [4.69, 9.17) is 11.6 Å². The van der Waals surface area contributed by atoms with E-state index in [0.29, 0.717) is 30.3 Å². The van der Waals surface area contributed by atoms with Crippen molar-refractivity contribution in [1.29, 1.82) is 0 Å². The number of hydrogen-bond donors (Lipinski definition) is 2. The van der Waals surface area contributed by atoms with Crippen LogP contribution in [-0.2, 0) is 18.4 Å². The Labute approximate surface area is 185 Å². The molecule has 1 aromatic heterocycles. The normalized spacial score (nSPS) is 15.3. The van der Waals surface area contributed by atoms with E-state index >= 15 is 0 Å². The summed E-state index contributed by atoms with van der Waals surface area (Å²) in [5.41, 5.74) is 1.88. The Balaban J connectivity index is 1.36. The van der Waals surface area contributed by atoms with Gasteiger partial charge < -0.3 is 20.1 Å². The van der Waals surface area contributed by atoms with Gasteiger partial charge in [-0.25, -0.2) is 4.79 Å². The van der Waals surface area contributed by atoms with E-state index in [9.17, 15) is 9.59 Å². The van der Waals surface area contributed by atoms with Gasteiger partial charge in [-0.2, -0.15) is 0 Å². The number of carbonyl (C=O) groups is 2. The number of nitrogens with one attached hydrogen (secondary N) is 2. The van der Waals surface area contributed by atoms with Crippen LogP contribution in [0.4, 0.5) is 10.5 Å². The number of carbonyl (C=O) groups excluding carboxylic acids is 2. The predicted molar refractivity (Wildman–Crippen MR) is 120 cm³/mol. The number of hydrogen-bond acceptors (Lipinski definition) is 5. The summed E-state index contributed by atoms with van der Waals surface area (Å²) in [5.74, 6) is 0.0644. The van der Waals surface area contributed by atoms with Crippen LogP contribution in [0.25, 0.3) is 0 Å². The first-order valence-electron chi connectivity index (χ1n) is 9.83. The van der Waals surface area contributed by atoms with Gasteiger partial charge in [-0.3, -0.25) is 14.7 Å². The Hall–Kier alpha value is -2.36. The van der Waals surface area contributed by atoms with Crippen LogP contribution >= 0.6 is 22.9 Å². The molecule has 1 aromatic carbocycles. The van der Waals surface area contributed by atoms with E-state index in [1.807, 2.05) is 11.9 Å². The third kappa shape index (κ3) is 6.07. The van der Waals surface area contributed by atoms with Crippen LogP contribution in [0.5, 0.6) is 0 Å². The summed E-state index contributed by atoms with van der Waals surface area (Å²) in [6, 6.07) is 6.52. The van der Waals surface area contributed by atoms with Crippen molar-refractivity contribution in [2.45, 2.75) is 13.0 Å². The van der Waals surface area contributed by atoms with Crippen LogP contribution in [0.1, 0.15) is 12.1 Å². The highest BCUT2D eigenvalue weighted by molar-refractivity contribution is 7.07. The summed E-state index contributed by atoms with van der Waals surface area (Å²) < 4.78 is 2.11. The lowest BCUT2D eigenvalue weighted by molar-refractivity contribution is -0.132. The van der Waals surface area contributed by atoms with Crippen molar-refractivity contribution in [3.05, 3.63) is 45.2 Å². The molecular formula is C20H27ClN6O2S. The molecule has 8 nitrogen and oxygen atoms in total. The van der Waals surface area contributed by atoms with Crippen molar-refractivity contribution in [3.63, 3.8) is 0 Å². The molecule has 1 fully saturated rings. The molecule has 0 bridgehead atoms. The van der Waals surface area contributed by atoms with E-state index in [0.717, 1.165) is 24.4 Å². The van der Waals surface area contributed by atoms with E-state index < -0.39 is 0 Å². The van der Waals surface area contributed by atoms with Crippen molar-refractivity contribution in [2.24, 2.45) is 12.0 Å². The molecule has 2 N–H and O–H groups in total. The lowest BCUT2D eigenvalue weighted by atomic mass is 10.2. The monoisotopic (exact) mass is 450 g/mol. The fourth-order valence-corrected chi connectivity index (χ4v) is 4.26. The topological polar surface area (TPSA) is 82.0 Å². The first kappa shape index (κ1) is 22.3. The standard InChI is InChI=1S/C20H27ClN6O2S/c1-22-20-25(2)17(14-30-20)13-26-9-11-27(12-10-26)18(28)7-8-23-19(29)24-16-5-3-15(21)4-6-16/h3-6,14H,7-13H2,1-2H3,(H2,23,24,29)/b22-20-. The molecule has 0 aliphatic carbocycles. The van der Waals surface area contributed by atoms with Gasteiger partial charge in [-0.1, -0.05) is 11.6 Å². The summed E-state index contributed by atoms with van der Waals surface area (Å²) in [6.07, 6.45) is 0.287. The number of amides is 3. The molecule has 0 saturated carbocycles. The van der Waals surface area contributed by atoms with Crippen LogP contribution in [0.3, 0.4) is 0 Å². The van der Waals surface area contributed by atoms with Gasteiger partial charge >= 0.3 is 6.03 Å². The summed E-state index contributed by atoms with van der Waals surface area (Å²) in [4.78, 5) is 33.9. The van der Waals surface area contributed by atoms with Crippen molar-refractivity contribution in [2.75, 3.05) is 45.1 Å². The first-order chi connectivity index (χ1) is 14.5. The van der Waals surface area contributed by atoms with Crippen LogP contribution < -0.4 is 15.4 Å². The van der Waals surface area contributed by atoms with Gasteiger partial charge in [0.15, 0.2) is 4.80 Å². The molecule has 3 rings (SSSR count). The second kappa shape index (κ2) is 10.6. The number of rotatable bonds is 6. The molecule has 162 valence electrons. The minimum absolute atomic E-state index is 0.0644. The Bertz CT molecular complexity index is 932. The number of urea groups is 1. The van der Waals surface area contributed by atoms with Gasteiger partial charge in [0.25, 0.3) is 0 Å². The fourth-order valence-electron chi connectivity index (χ4n) is 3.28. The maximum Gasteiger partial charge on any atom is 0.319 e. The van der Waals surface area contributed by atoms with E-state index in [1.54, 1.807) is 42.6 Å². The highest BCUT2D eigenvalue weighted by Crippen LogP contribution is 2.13. The molecule has 0 unspecified atom stereocenters. The number of nitrogens with zero attached hydrogens (tertiary/aromatic N) is 4. The molecule has 0 atom stereocenters. The Kier molecular flexibility index (Phi) is 7.89. The number of benzene rings is 1. The number of thiazole rings is 1. The van der Waals surface area contributed by atoms with Crippen LogP contribution in [-0.4, -0.2) is 66.1 Å². The third-order valence-electron chi connectivity index (χ3n) is 5.05. The third-order valence-corrected chi connectivity index (χ3v) is 6.36. The van der Waals surface area contributed by atoms with E-state index in [1.165, 1.54) is 5.69 Å². The van der Waals surface area contributed by atoms with Crippen LogP contribution in [0.2, 0.25) is 5.02 Å². The maximum atomic E-state index is 12.4. The van der Waals surface area contributed by atoms with Crippen molar-refractivity contribution in [1.82, 2.24) is 19.7 Å². The molecule has 3 amide bonds. The van der Waals surface area contributed by atoms with Crippen LogP contribution in [0, 0.1) is 0 Å². The average Bonchev–Trinajstić information content (AvgIpc) is 3.09. The molecule has 10 heteroatoms. The number of aromatic nitrogens is 1. The maximum absolute atomic E-state index is 12.4.